The number of rotatable bonds is 5. The van der Waals surface area contributed by atoms with Gasteiger partial charge in [-0.15, -0.1) is 0 Å². The van der Waals surface area contributed by atoms with Crippen molar-refractivity contribution < 1.29 is 14.4 Å². The van der Waals surface area contributed by atoms with Crippen molar-refractivity contribution in [3.8, 4) is 11.5 Å². The molecule has 3 aromatic rings. The second kappa shape index (κ2) is 7.24. The summed E-state index contributed by atoms with van der Waals surface area (Å²) in [7, 11) is 2.98. The molecule has 138 valence electrons. The predicted molar refractivity (Wildman–Crippen MR) is 99.9 cm³/mol. The van der Waals surface area contributed by atoms with Crippen LogP contribution in [0.2, 0.25) is 0 Å². The van der Waals surface area contributed by atoms with Crippen LogP contribution in [0.5, 0.6) is 11.5 Å². The number of aryl methyl sites for hydroxylation is 1. The van der Waals surface area contributed by atoms with E-state index in [0.29, 0.717) is 33.8 Å². The molecule has 0 unspecified atom stereocenters. The molecule has 0 atom stereocenters. The van der Waals surface area contributed by atoms with Crippen LogP contribution in [0.4, 0.5) is 5.69 Å². The lowest BCUT2D eigenvalue weighted by Gasteiger charge is -2.10. The van der Waals surface area contributed by atoms with Gasteiger partial charge >= 0.3 is 0 Å². The average molecular weight is 368 g/mol. The fourth-order valence-electron chi connectivity index (χ4n) is 2.59. The highest BCUT2D eigenvalue weighted by molar-refractivity contribution is 5.83. The number of fused-ring (bicyclic) bond motifs is 1. The zero-order chi connectivity index (χ0) is 19.6. The molecule has 27 heavy (non-hydrogen) atoms. The van der Waals surface area contributed by atoms with Crippen LogP contribution in [-0.2, 0) is 0 Å². The molecule has 0 fully saturated rings. The summed E-state index contributed by atoms with van der Waals surface area (Å²) in [5.41, 5.74) is 0.497. The Labute approximate surface area is 153 Å². The highest BCUT2D eigenvalue weighted by atomic mass is 16.6. The Bertz CT molecular complexity index is 1120. The summed E-state index contributed by atoms with van der Waals surface area (Å²) >= 11 is 0. The minimum Gasteiger partial charge on any atom is -0.493 e. The van der Waals surface area contributed by atoms with E-state index in [1.165, 1.54) is 32.6 Å². The van der Waals surface area contributed by atoms with Crippen molar-refractivity contribution in [1.29, 1.82) is 0 Å². The van der Waals surface area contributed by atoms with Gasteiger partial charge < -0.3 is 9.47 Å². The molecular weight excluding hydrogens is 352 g/mol. The molecule has 0 aliphatic rings. The highest BCUT2D eigenvalue weighted by Gasteiger charge is 2.13. The zero-order valence-corrected chi connectivity index (χ0v) is 14.9. The Kier molecular flexibility index (Phi) is 4.84. The molecule has 0 saturated carbocycles. The number of aromatic nitrogens is 2. The van der Waals surface area contributed by atoms with Crippen LogP contribution < -0.4 is 15.0 Å². The SMILES string of the molecule is COc1cc2nc(C)n(N=Cc3cccc([N+](=O)[O-])c3)c(=O)c2cc1OC. The van der Waals surface area contributed by atoms with E-state index in [-0.39, 0.29) is 11.2 Å². The lowest BCUT2D eigenvalue weighted by molar-refractivity contribution is -0.384. The molecule has 0 radical (unpaired) electrons. The second-order valence-corrected chi connectivity index (χ2v) is 5.60. The van der Waals surface area contributed by atoms with E-state index in [4.69, 9.17) is 9.47 Å². The van der Waals surface area contributed by atoms with Crippen LogP contribution in [0.3, 0.4) is 0 Å². The maximum atomic E-state index is 12.8. The van der Waals surface area contributed by atoms with Gasteiger partial charge in [-0.1, -0.05) is 12.1 Å². The van der Waals surface area contributed by atoms with E-state index in [2.05, 4.69) is 10.1 Å². The zero-order valence-electron chi connectivity index (χ0n) is 14.9. The number of hydrogen-bond donors (Lipinski definition) is 0. The summed E-state index contributed by atoms with van der Waals surface area (Å²) in [5, 5.41) is 15.3. The molecule has 0 spiro atoms. The molecule has 0 aliphatic heterocycles. The lowest BCUT2D eigenvalue weighted by Crippen LogP contribution is -2.20. The molecule has 0 amide bonds. The minimum atomic E-state index is -0.494. The van der Waals surface area contributed by atoms with Crippen molar-refractivity contribution >= 4 is 22.8 Å². The van der Waals surface area contributed by atoms with Crippen molar-refractivity contribution in [3.05, 3.63) is 68.3 Å². The van der Waals surface area contributed by atoms with Gasteiger partial charge in [0.25, 0.3) is 11.2 Å². The van der Waals surface area contributed by atoms with Gasteiger partial charge in [0.1, 0.15) is 5.82 Å². The largest absolute Gasteiger partial charge is 0.493 e. The summed E-state index contributed by atoms with van der Waals surface area (Å²) in [6.45, 7) is 1.64. The minimum absolute atomic E-state index is 0.0588. The molecule has 0 N–H and O–H groups in total. The van der Waals surface area contributed by atoms with Crippen LogP contribution in [0.1, 0.15) is 11.4 Å². The first kappa shape index (κ1) is 18.1. The van der Waals surface area contributed by atoms with Crippen molar-refractivity contribution in [2.75, 3.05) is 14.2 Å². The van der Waals surface area contributed by atoms with E-state index >= 15 is 0 Å². The molecule has 2 aromatic carbocycles. The van der Waals surface area contributed by atoms with Gasteiger partial charge in [-0.25, -0.2) is 4.98 Å². The Hall–Kier alpha value is -3.75. The number of benzene rings is 2. The van der Waals surface area contributed by atoms with Crippen molar-refractivity contribution in [3.63, 3.8) is 0 Å². The van der Waals surface area contributed by atoms with Gasteiger partial charge in [0.2, 0.25) is 0 Å². The number of hydrogen-bond acceptors (Lipinski definition) is 7. The smallest absolute Gasteiger partial charge is 0.282 e. The first-order valence-corrected chi connectivity index (χ1v) is 7.88. The lowest BCUT2D eigenvalue weighted by atomic mass is 10.2. The van der Waals surface area contributed by atoms with E-state index in [1.807, 2.05) is 0 Å². The van der Waals surface area contributed by atoms with Crippen LogP contribution in [0.15, 0.2) is 46.3 Å². The van der Waals surface area contributed by atoms with Gasteiger partial charge in [-0.3, -0.25) is 14.9 Å². The number of nitro groups is 1. The summed E-state index contributed by atoms with van der Waals surface area (Å²) in [6, 6.07) is 9.11. The predicted octanol–water partition coefficient (Wildman–Crippen LogP) is 2.51. The Morgan fingerprint density at radius 3 is 2.56 bits per heavy atom. The summed E-state index contributed by atoms with van der Waals surface area (Å²) < 4.78 is 11.6. The second-order valence-electron chi connectivity index (χ2n) is 5.60. The number of ether oxygens (including phenoxy) is 2. The quantitative estimate of drug-likeness (QED) is 0.389. The van der Waals surface area contributed by atoms with Gasteiger partial charge in [0.15, 0.2) is 11.5 Å². The van der Waals surface area contributed by atoms with E-state index in [0.717, 1.165) is 4.68 Å². The molecule has 3 rings (SSSR count). The Balaban J connectivity index is 2.10. The van der Waals surface area contributed by atoms with Crippen molar-refractivity contribution in [2.24, 2.45) is 5.10 Å². The molecular formula is C18H16N4O5. The number of non-ortho nitro benzene ring substituents is 1. The van der Waals surface area contributed by atoms with Gasteiger partial charge in [0, 0.05) is 23.8 Å². The number of methoxy groups -OCH3 is 2. The molecule has 1 aromatic heterocycles. The summed E-state index contributed by atoms with van der Waals surface area (Å²) in [4.78, 5) is 27.6. The summed E-state index contributed by atoms with van der Waals surface area (Å²) in [5.74, 6) is 1.23. The normalized spacial score (nSPS) is 11.1. The fourth-order valence-corrected chi connectivity index (χ4v) is 2.59. The first-order valence-electron chi connectivity index (χ1n) is 7.88. The Morgan fingerprint density at radius 1 is 1.19 bits per heavy atom. The maximum absolute atomic E-state index is 12.8. The third kappa shape index (κ3) is 3.47. The molecule has 1 heterocycles. The molecule has 9 nitrogen and oxygen atoms in total. The van der Waals surface area contributed by atoms with Crippen LogP contribution >= 0.6 is 0 Å². The van der Waals surface area contributed by atoms with Crippen LogP contribution in [0.25, 0.3) is 10.9 Å². The first-order chi connectivity index (χ1) is 12.9. The van der Waals surface area contributed by atoms with Gasteiger partial charge in [0.05, 0.1) is 36.3 Å². The topological polar surface area (TPSA) is 109 Å². The van der Waals surface area contributed by atoms with Gasteiger partial charge in [-0.2, -0.15) is 9.78 Å². The molecule has 0 bridgehead atoms. The van der Waals surface area contributed by atoms with Crippen LogP contribution in [-0.4, -0.2) is 35.0 Å². The standard InChI is InChI=1S/C18H16N4O5/c1-11-20-15-9-17(27-3)16(26-2)8-14(15)18(23)21(11)19-10-12-5-4-6-13(7-12)22(24)25/h4-10H,1-3H3. The van der Waals surface area contributed by atoms with E-state index < -0.39 is 4.92 Å². The van der Waals surface area contributed by atoms with Crippen molar-refractivity contribution in [2.45, 2.75) is 6.92 Å². The fraction of sp³-hybridized carbons (Fsp3) is 0.167. The van der Waals surface area contributed by atoms with Crippen LogP contribution in [0, 0.1) is 17.0 Å². The highest BCUT2D eigenvalue weighted by Crippen LogP contribution is 2.30. The van der Waals surface area contributed by atoms with Crippen molar-refractivity contribution in [1.82, 2.24) is 9.66 Å². The molecule has 0 aliphatic carbocycles. The van der Waals surface area contributed by atoms with E-state index in [1.54, 1.807) is 31.2 Å². The number of nitro benzene ring substituents is 1. The monoisotopic (exact) mass is 368 g/mol. The Morgan fingerprint density at radius 2 is 1.89 bits per heavy atom. The summed E-state index contributed by atoms with van der Waals surface area (Å²) in [6.07, 6.45) is 1.37. The van der Waals surface area contributed by atoms with E-state index in [9.17, 15) is 14.9 Å². The molecule has 0 saturated heterocycles. The third-order valence-corrected chi connectivity index (χ3v) is 3.92. The number of nitrogens with zero attached hydrogens (tertiary/aromatic N) is 4. The third-order valence-electron chi connectivity index (χ3n) is 3.92. The maximum Gasteiger partial charge on any atom is 0.282 e. The average Bonchev–Trinajstić information content (AvgIpc) is 2.67. The van der Waals surface area contributed by atoms with Gasteiger partial charge in [-0.05, 0) is 13.0 Å². The molecule has 9 heteroatoms.